The van der Waals surface area contributed by atoms with Crippen LogP contribution in [0.2, 0.25) is 5.02 Å². The molecule has 0 spiro atoms. The Labute approximate surface area is 133 Å². The van der Waals surface area contributed by atoms with Crippen molar-refractivity contribution >= 4 is 28.9 Å². The summed E-state index contributed by atoms with van der Waals surface area (Å²) in [7, 11) is 0. The first kappa shape index (κ1) is 15.7. The predicted octanol–water partition coefficient (Wildman–Crippen LogP) is 2.73. The molecule has 0 saturated heterocycles. The summed E-state index contributed by atoms with van der Waals surface area (Å²) in [6, 6.07) is 6.32. The van der Waals surface area contributed by atoms with Crippen molar-refractivity contribution < 1.29 is 4.39 Å². The van der Waals surface area contributed by atoms with E-state index < -0.39 is 0 Å². The summed E-state index contributed by atoms with van der Waals surface area (Å²) in [4.78, 5) is 0. The summed E-state index contributed by atoms with van der Waals surface area (Å²) in [5, 5.41) is 11.5. The normalized spacial score (nSPS) is 10.4. The van der Waals surface area contributed by atoms with Crippen molar-refractivity contribution in [2.24, 2.45) is 0 Å². The van der Waals surface area contributed by atoms with E-state index in [2.05, 4.69) is 15.7 Å². The molecule has 0 aliphatic rings. The first-order chi connectivity index (χ1) is 10.1. The minimum Gasteiger partial charge on any atom is -0.363 e. The Morgan fingerprint density at radius 3 is 2.71 bits per heavy atom. The largest absolute Gasteiger partial charge is 0.363 e. The maximum absolute atomic E-state index is 12.8. The van der Waals surface area contributed by atoms with Gasteiger partial charge in [0.15, 0.2) is 5.11 Å². The van der Waals surface area contributed by atoms with Crippen LogP contribution in [0, 0.1) is 5.82 Å². The van der Waals surface area contributed by atoms with Gasteiger partial charge in [-0.2, -0.15) is 5.10 Å². The molecule has 2 rings (SSSR count). The van der Waals surface area contributed by atoms with Gasteiger partial charge in [-0.25, -0.2) is 4.39 Å². The number of aryl methyl sites for hydroxylation is 1. The lowest BCUT2D eigenvalue weighted by Crippen LogP contribution is -2.35. The standard InChI is InChI=1S/C14H16ClFN4S/c15-12-9-19-20(10-12)7-1-6-17-14(21)18-8-11-2-4-13(16)5-3-11/h2-5,9-10H,1,6-8H2,(H2,17,18,21). The third-order valence-corrected chi connectivity index (χ3v) is 3.30. The van der Waals surface area contributed by atoms with Gasteiger partial charge in [0, 0.05) is 25.8 Å². The van der Waals surface area contributed by atoms with Gasteiger partial charge in [-0.05, 0) is 36.3 Å². The SMILES string of the molecule is Fc1ccc(CNC(=S)NCCCn2cc(Cl)cn2)cc1. The third-order valence-electron chi connectivity index (χ3n) is 2.82. The van der Waals surface area contributed by atoms with Crippen molar-refractivity contribution in [3.8, 4) is 0 Å². The predicted molar refractivity (Wildman–Crippen MR) is 85.7 cm³/mol. The Morgan fingerprint density at radius 1 is 1.29 bits per heavy atom. The zero-order valence-corrected chi connectivity index (χ0v) is 12.9. The third kappa shape index (κ3) is 5.69. The average molecular weight is 327 g/mol. The Morgan fingerprint density at radius 2 is 2.05 bits per heavy atom. The molecule has 0 bridgehead atoms. The van der Waals surface area contributed by atoms with E-state index in [1.807, 2.05) is 0 Å². The summed E-state index contributed by atoms with van der Waals surface area (Å²) in [5.41, 5.74) is 0.978. The molecular weight excluding hydrogens is 311 g/mol. The van der Waals surface area contributed by atoms with Gasteiger partial charge in [-0.1, -0.05) is 23.7 Å². The number of hydrogen-bond donors (Lipinski definition) is 2. The first-order valence-electron chi connectivity index (χ1n) is 6.57. The molecule has 21 heavy (non-hydrogen) atoms. The van der Waals surface area contributed by atoms with Crippen LogP contribution in [-0.2, 0) is 13.1 Å². The molecule has 2 aromatic rings. The van der Waals surface area contributed by atoms with Crippen LogP contribution in [0.15, 0.2) is 36.7 Å². The molecule has 4 nitrogen and oxygen atoms in total. The molecule has 7 heteroatoms. The topological polar surface area (TPSA) is 41.9 Å². The van der Waals surface area contributed by atoms with Gasteiger partial charge in [0.1, 0.15) is 5.82 Å². The monoisotopic (exact) mass is 326 g/mol. The second-order valence-electron chi connectivity index (χ2n) is 4.51. The van der Waals surface area contributed by atoms with Gasteiger partial charge >= 0.3 is 0 Å². The van der Waals surface area contributed by atoms with Gasteiger partial charge in [-0.3, -0.25) is 4.68 Å². The number of nitrogens with zero attached hydrogens (tertiary/aromatic N) is 2. The average Bonchev–Trinajstić information content (AvgIpc) is 2.89. The molecule has 1 aromatic heterocycles. The lowest BCUT2D eigenvalue weighted by atomic mass is 10.2. The molecule has 0 aliphatic carbocycles. The fourth-order valence-electron chi connectivity index (χ4n) is 1.75. The summed E-state index contributed by atoms with van der Waals surface area (Å²) in [5.74, 6) is -0.238. The van der Waals surface area contributed by atoms with Crippen LogP contribution < -0.4 is 10.6 Å². The number of hydrogen-bond acceptors (Lipinski definition) is 2. The van der Waals surface area contributed by atoms with E-state index in [0.29, 0.717) is 16.7 Å². The van der Waals surface area contributed by atoms with Crippen LogP contribution in [0.25, 0.3) is 0 Å². The number of rotatable bonds is 6. The molecule has 2 N–H and O–H groups in total. The van der Waals surface area contributed by atoms with Gasteiger partial charge in [0.05, 0.1) is 11.2 Å². The number of nitrogens with one attached hydrogen (secondary N) is 2. The van der Waals surface area contributed by atoms with Gasteiger partial charge < -0.3 is 10.6 Å². The van der Waals surface area contributed by atoms with Gasteiger partial charge in [0.25, 0.3) is 0 Å². The molecule has 0 fully saturated rings. The smallest absolute Gasteiger partial charge is 0.166 e. The Hall–Kier alpha value is -1.66. The van der Waals surface area contributed by atoms with Crippen molar-refractivity contribution in [2.45, 2.75) is 19.5 Å². The van der Waals surface area contributed by atoms with Crippen LogP contribution in [0.4, 0.5) is 4.39 Å². The minimum atomic E-state index is -0.238. The molecule has 0 atom stereocenters. The lowest BCUT2D eigenvalue weighted by Gasteiger charge is -2.10. The molecule has 0 unspecified atom stereocenters. The van der Waals surface area contributed by atoms with Gasteiger partial charge in [0.2, 0.25) is 0 Å². The molecule has 112 valence electrons. The van der Waals surface area contributed by atoms with Crippen LogP contribution in [-0.4, -0.2) is 21.4 Å². The van der Waals surface area contributed by atoms with E-state index in [4.69, 9.17) is 23.8 Å². The van der Waals surface area contributed by atoms with Crippen molar-refractivity contribution in [3.05, 3.63) is 53.1 Å². The zero-order chi connectivity index (χ0) is 15.1. The summed E-state index contributed by atoms with van der Waals surface area (Å²) in [6.07, 6.45) is 4.28. The first-order valence-corrected chi connectivity index (χ1v) is 7.36. The minimum absolute atomic E-state index is 0.238. The Kier molecular flexibility index (Phi) is 5.95. The van der Waals surface area contributed by atoms with Crippen LogP contribution in [0.1, 0.15) is 12.0 Å². The second-order valence-corrected chi connectivity index (χ2v) is 5.36. The van der Waals surface area contributed by atoms with E-state index in [-0.39, 0.29) is 5.82 Å². The highest BCUT2D eigenvalue weighted by Crippen LogP contribution is 2.04. The van der Waals surface area contributed by atoms with Crippen LogP contribution >= 0.6 is 23.8 Å². The molecule has 1 heterocycles. The molecule has 0 aliphatic heterocycles. The van der Waals surface area contributed by atoms with E-state index in [0.717, 1.165) is 25.1 Å². The number of benzene rings is 1. The number of thiocarbonyl (C=S) groups is 1. The fraction of sp³-hybridized carbons (Fsp3) is 0.286. The molecule has 0 amide bonds. The van der Waals surface area contributed by atoms with E-state index in [1.54, 1.807) is 29.2 Å². The van der Waals surface area contributed by atoms with E-state index in [9.17, 15) is 4.39 Å². The zero-order valence-electron chi connectivity index (χ0n) is 11.4. The molecular formula is C14H16ClFN4S. The summed E-state index contributed by atoms with van der Waals surface area (Å²) in [6.45, 7) is 2.09. The summed E-state index contributed by atoms with van der Waals surface area (Å²) < 4.78 is 14.5. The number of halogens is 2. The highest BCUT2D eigenvalue weighted by atomic mass is 35.5. The maximum atomic E-state index is 12.8. The highest BCUT2D eigenvalue weighted by Gasteiger charge is 1.98. The maximum Gasteiger partial charge on any atom is 0.166 e. The van der Waals surface area contributed by atoms with Crippen LogP contribution in [0.5, 0.6) is 0 Å². The molecule has 0 radical (unpaired) electrons. The van der Waals surface area contributed by atoms with Crippen LogP contribution in [0.3, 0.4) is 0 Å². The lowest BCUT2D eigenvalue weighted by molar-refractivity contribution is 0.571. The number of aromatic nitrogens is 2. The molecule has 0 saturated carbocycles. The highest BCUT2D eigenvalue weighted by molar-refractivity contribution is 7.80. The summed E-state index contributed by atoms with van der Waals surface area (Å²) >= 11 is 11.0. The van der Waals surface area contributed by atoms with Crippen molar-refractivity contribution in [2.75, 3.05) is 6.54 Å². The Balaban J connectivity index is 1.60. The van der Waals surface area contributed by atoms with Crippen molar-refractivity contribution in [1.29, 1.82) is 0 Å². The van der Waals surface area contributed by atoms with E-state index in [1.165, 1.54) is 12.1 Å². The fourth-order valence-corrected chi connectivity index (χ4v) is 2.08. The Bertz CT molecular complexity index is 585. The van der Waals surface area contributed by atoms with Gasteiger partial charge in [-0.15, -0.1) is 0 Å². The quantitative estimate of drug-likeness (QED) is 0.632. The molecule has 1 aromatic carbocycles. The van der Waals surface area contributed by atoms with Crippen molar-refractivity contribution in [1.82, 2.24) is 20.4 Å². The van der Waals surface area contributed by atoms with Crippen molar-refractivity contribution in [3.63, 3.8) is 0 Å². The van der Waals surface area contributed by atoms with E-state index >= 15 is 0 Å². The second kappa shape index (κ2) is 7.95.